The Kier molecular flexibility index (Phi) is 11.7. The van der Waals surface area contributed by atoms with Crippen LogP contribution in [0, 0.1) is 11.8 Å². The SMILES string of the molecule is CCCNc1nc(Nc2ccc3cnn(C)c3c2)ncc1C#CCCCNC(=O)[C@H](C)N(C)C(=O)C=CCN(C)C. The van der Waals surface area contributed by atoms with Gasteiger partial charge in [-0.15, -0.1) is 0 Å². The summed E-state index contributed by atoms with van der Waals surface area (Å²) in [6.07, 6.45) is 9.04. The third-order valence-electron chi connectivity index (χ3n) is 6.38. The zero-order valence-corrected chi connectivity index (χ0v) is 24.9. The molecule has 0 saturated heterocycles. The Labute approximate surface area is 242 Å². The Morgan fingerprint density at radius 1 is 1.17 bits per heavy atom. The number of aromatic nitrogens is 4. The van der Waals surface area contributed by atoms with Crippen molar-refractivity contribution in [2.75, 3.05) is 51.4 Å². The van der Waals surface area contributed by atoms with Gasteiger partial charge in [0.05, 0.1) is 23.5 Å². The van der Waals surface area contributed by atoms with E-state index in [4.69, 9.17) is 0 Å². The first-order valence-electron chi connectivity index (χ1n) is 13.8. The Morgan fingerprint density at radius 3 is 2.73 bits per heavy atom. The van der Waals surface area contributed by atoms with Gasteiger partial charge in [-0.05, 0) is 52.1 Å². The molecule has 1 aromatic carbocycles. The van der Waals surface area contributed by atoms with Gasteiger partial charge in [-0.25, -0.2) is 4.98 Å². The van der Waals surface area contributed by atoms with Gasteiger partial charge in [0.25, 0.3) is 0 Å². The number of carbonyl (C=O) groups excluding carboxylic acids is 2. The molecule has 1 atom stereocenters. The Bertz CT molecular complexity index is 1420. The molecule has 2 heterocycles. The third-order valence-corrected chi connectivity index (χ3v) is 6.38. The monoisotopic (exact) mass is 559 g/mol. The molecule has 11 heteroatoms. The quantitative estimate of drug-likeness (QED) is 0.166. The van der Waals surface area contributed by atoms with Gasteiger partial charge in [0.1, 0.15) is 11.9 Å². The number of hydrogen-bond acceptors (Lipinski definition) is 8. The average molecular weight is 560 g/mol. The molecule has 11 nitrogen and oxygen atoms in total. The summed E-state index contributed by atoms with van der Waals surface area (Å²) >= 11 is 0. The van der Waals surface area contributed by atoms with Crippen LogP contribution < -0.4 is 16.0 Å². The Hall–Kier alpha value is -4.43. The standard InChI is InChI=1S/C30H41N9O2/c1-7-16-31-28-24(20-33-30(36-28)35-25-15-14-23-21-34-39(6)26(23)19-25)12-9-8-10-17-32-29(41)22(2)38(5)27(40)13-11-18-37(3)4/h11,13-15,19-22H,7-8,10,16-18H2,1-6H3,(H,32,41)(H2,31,33,35,36)/t22-/m0/s1. The summed E-state index contributed by atoms with van der Waals surface area (Å²) in [7, 11) is 7.39. The third kappa shape index (κ3) is 9.32. The molecule has 0 bridgehead atoms. The fourth-order valence-corrected chi connectivity index (χ4v) is 3.81. The molecule has 2 aromatic heterocycles. The fraction of sp³-hybridized carbons (Fsp3) is 0.433. The highest BCUT2D eigenvalue weighted by atomic mass is 16.2. The van der Waals surface area contributed by atoms with Crippen molar-refractivity contribution < 1.29 is 9.59 Å². The Balaban J connectivity index is 1.52. The van der Waals surface area contributed by atoms with Gasteiger partial charge in [-0.3, -0.25) is 14.3 Å². The van der Waals surface area contributed by atoms with Crippen molar-refractivity contribution in [2.24, 2.45) is 7.05 Å². The highest BCUT2D eigenvalue weighted by Crippen LogP contribution is 2.22. The molecular formula is C30H41N9O2. The second kappa shape index (κ2) is 15.4. The maximum atomic E-state index is 12.5. The first-order valence-corrected chi connectivity index (χ1v) is 13.8. The van der Waals surface area contributed by atoms with Crippen LogP contribution >= 0.6 is 0 Å². The van der Waals surface area contributed by atoms with Crippen LogP contribution in [0.5, 0.6) is 0 Å². The lowest BCUT2D eigenvalue weighted by Gasteiger charge is -2.23. The molecule has 3 rings (SSSR count). The van der Waals surface area contributed by atoms with Crippen molar-refractivity contribution in [3.8, 4) is 11.8 Å². The number of fused-ring (bicyclic) bond motifs is 1. The number of carbonyl (C=O) groups is 2. The van der Waals surface area contributed by atoms with E-state index in [1.165, 1.54) is 11.0 Å². The van der Waals surface area contributed by atoms with E-state index in [9.17, 15) is 9.59 Å². The normalized spacial score (nSPS) is 11.8. The minimum Gasteiger partial charge on any atom is -0.369 e. The van der Waals surface area contributed by atoms with E-state index in [1.807, 2.05) is 55.1 Å². The van der Waals surface area contributed by atoms with Crippen LogP contribution in [0.15, 0.2) is 42.7 Å². The van der Waals surface area contributed by atoms with Crippen LogP contribution in [0.4, 0.5) is 17.5 Å². The van der Waals surface area contributed by atoms with Crippen LogP contribution in [0.1, 0.15) is 38.7 Å². The number of hydrogen-bond donors (Lipinski definition) is 3. The van der Waals surface area contributed by atoms with Gasteiger partial charge in [0.2, 0.25) is 17.8 Å². The molecule has 3 N–H and O–H groups in total. The molecule has 2 amide bonds. The summed E-state index contributed by atoms with van der Waals surface area (Å²) in [6, 6.07) is 5.42. The van der Waals surface area contributed by atoms with Crippen LogP contribution in [-0.4, -0.2) is 88.2 Å². The lowest BCUT2D eigenvalue weighted by atomic mass is 10.2. The summed E-state index contributed by atoms with van der Waals surface area (Å²) in [4.78, 5) is 37.3. The molecule has 3 aromatic rings. The number of unbranched alkanes of at least 4 members (excludes halogenated alkanes) is 1. The maximum Gasteiger partial charge on any atom is 0.246 e. The molecule has 0 aliphatic rings. The largest absolute Gasteiger partial charge is 0.369 e. The van der Waals surface area contributed by atoms with Crippen LogP contribution in [0.3, 0.4) is 0 Å². The summed E-state index contributed by atoms with van der Waals surface area (Å²) < 4.78 is 1.83. The van der Waals surface area contributed by atoms with E-state index < -0.39 is 6.04 Å². The van der Waals surface area contributed by atoms with Gasteiger partial charge in [-0.2, -0.15) is 10.1 Å². The summed E-state index contributed by atoms with van der Waals surface area (Å²) in [6.45, 7) is 5.70. The number of nitrogens with zero attached hydrogens (tertiary/aromatic N) is 6. The van der Waals surface area contributed by atoms with Crippen molar-refractivity contribution in [1.82, 2.24) is 34.9 Å². The summed E-state index contributed by atoms with van der Waals surface area (Å²) in [5, 5.41) is 14.8. The second-order valence-corrected chi connectivity index (χ2v) is 10.0. The smallest absolute Gasteiger partial charge is 0.246 e. The summed E-state index contributed by atoms with van der Waals surface area (Å²) in [5.41, 5.74) is 2.60. The highest BCUT2D eigenvalue weighted by Gasteiger charge is 2.20. The fourth-order valence-electron chi connectivity index (χ4n) is 3.81. The van der Waals surface area contributed by atoms with E-state index in [-0.39, 0.29) is 11.8 Å². The lowest BCUT2D eigenvalue weighted by molar-refractivity contribution is -0.135. The van der Waals surface area contributed by atoms with Gasteiger partial charge in [0.15, 0.2) is 0 Å². The molecule has 0 unspecified atom stereocenters. The van der Waals surface area contributed by atoms with E-state index in [1.54, 1.807) is 26.2 Å². The number of nitrogens with one attached hydrogen (secondary N) is 3. The number of aryl methyl sites for hydroxylation is 1. The molecule has 0 saturated carbocycles. The van der Waals surface area contributed by atoms with Crippen LogP contribution in [-0.2, 0) is 16.6 Å². The number of likely N-dealkylation sites (N-methyl/N-ethyl adjacent to an activating group) is 2. The van der Waals surface area contributed by atoms with E-state index in [2.05, 4.69) is 49.8 Å². The molecule has 0 fully saturated rings. The number of rotatable bonds is 13. The van der Waals surface area contributed by atoms with Gasteiger partial charge >= 0.3 is 0 Å². The zero-order valence-electron chi connectivity index (χ0n) is 24.9. The van der Waals surface area contributed by atoms with Gasteiger partial charge in [0, 0.05) is 57.3 Å². The van der Waals surface area contributed by atoms with Crippen molar-refractivity contribution in [3.05, 3.63) is 48.3 Å². The predicted molar refractivity (Wildman–Crippen MR) is 164 cm³/mol. The zero-order chi connectivity index (χ0) is 29.8. The van der Waals surface area contributed by atoms with Crippen LogP contribution in [0.25, 0.3) is 10.9 Å². The topological polar surface area (TPSA) is 120 Å². The second-order valence-electron chi connectivity index (χ2n) is 10.0. The minimum absolute atomic E-state index is 0.195. The van der Waals surface area contributed by atoms with E-state index >= 15 is 0 Å². The molecule has 218 valence electrons. The van der Waals surface area contributed by atoms with Crippen LogP contribution in [0.2, 0.25) is 0 Å². The first-order chi connectivity index (χ1) is 19.7. The van der Waals surface area contributed by atoms with Crippen molar-refractivity contribution in [1.29, 1.82) is 0 Å². The maximum absolute atomic E-state index is 12.5. The van der Waals surface area contributed by atoms with Gasteiger partial charge < -0.3 is 25.8 Å². The summed E-state index contributed by atoms with van der Waals surface area (Å²) in [5.74, 6) is 7.07. The van der Waals surface area contributed by atoms with Crippen molar-refractivity contribution >= 4 is 40.2 Å². The average Bonchev–Trinajstić information content (AvgIpc) is 3.32. The lowest BCUT2D eigenvalue weighted by Crippen LogP contribution is -2.45. The number of anilines is 3. The van der Waals surface area contributed by atoms with Gasteiger partial charge in [-0.1, -0.05) is 24.8 Å². The number of amides is 2. The molecule has 41 heavy (non-hydrogen) atoms. The highest BCUT2D eigenvalue weighted by molar-refractivity contribution is 5.92. The van der Waals surface area contributed by atoms with E-state index in [0.717, 1.165) is 29.6 Å². The van der Waals surface area contributed by atoms with E-state index in [0.29, 0.717) is 43.3 Å². The predicted octanol–water partition coefficient (Wildman–Crippen LogP) is 3.14. The molecule has 0 spiro atoms. The molecule has 0 aliphatic heterocycles. The molecular weight excluding hydrogens is 518 g/mol. The Morgan fingerprint density at radius 2 is 1.98 bits per heavy atom. The molecule has 0 aliphatic carbocycles. The first kappa shape index (κ1) is 31.1. The minimum atomic E-state index is -0.569. The molecule has 0 radical (unpaired) electrons. The van der Waals surface area contributed by atoms with Crippen molar-refractivity contribution in [2.45, 2.75) is 39.2 Å². The van der Waals surface area contributed by atoms with Crippen molar-refractivity contribution in [3.63, 3.8) is 0 Å². The number of benzene rings is 1.